The summed E-state index contributed by atoms with van der Waals surface area (Å²) in [6, 6.07) is 0.143. The molecule has 3 nitrogen and oxygen atoms in total. The Morgan fingerprint density at radius 2 is 2.46 bits per heavy atom. The number of hydrogen-bond acceptors (Lipinski definition) is 4. The summed E-state index contributed by atoms with van der Waals surface area (Å²) in [6.45, 7) is 3.73. The van der Waals surface area contributed by atoms with Gasteiger partial charge in [0.2, 0.25) is 0 Å². The first-order valence-corrected chi connectivity index (χ1v) is 5.06. The van der Waals surface area contributed by atoms with Crippen molar-refractivity contribution in [2.45, 2.75) is 19.9 Å². The molecule has 0 aromatic carbocycles. The molecule has 0 unspecified atom stereocenters. The van der Waals surface area contributed by atoms with Crippen LogP contribution in [0.4, 0.5) is 0 Å². The number of ether oxygens (including phenoxy) is 1. The summed E-state index contributed by atoms with van der Waals surface area (Å²) in [7, 11) is 1.39. The molecule has 0 saturated heterocycles. The van der Waals surface area contributed by atoms with Crippen LogP contribution in [-0.2, 0) is 9.53 Å². The molecular formula is C9H13NO2S. The highest BCUT2D eigenvalue weighted by Crippen LogP contribution is 2.19. The molecule has 13 heavy (non-hydrogen) atoms. The molecule has 0 fully saturated rings. The Hall–Kier alpha value is -0.770. The Morgan fingerprint density at radius 1 is 1.77 bits per heavy atom. The van der Waals surface area contributed by atoms with Gasteiger partial charge in [-0.15, -0.1) is 11.8 Å². The highest BCUT2D eigenvalue weighted by Gasteiger charge is 2.14. The third-order valence-corrected chi connectivity index (χ3v) is 2.79. The molecule has 0 bridgehead atoms. The average molecular weight is 199 g/mol. The quantitative estimate of drug-likeness (QED) is 0.501. The Balaban J connectivity index is 2.61. The Bertz CT molecular complexity index is 271. The van der Waals surface area contributed by atoms with Crippen LogP contribution >= 0.6 is 11.8 Å². The first kappa shape index (κ1) is 10.3. The van der Waals surface area contributed by atoms with E-state index in [9.17, 15) is 4.79 Å². The number of thioether (sulfide) groups is 1. The van der Waals surface area contributed by atoms with Crippen molar-refractivity contribution in [3.05, 3.63) is 11.6 Å². The fourth-order valence-corrected chi connectivity index (χ4v) is 1.91. The van der Waals surface area contributed by atoms with Crippen molar-refractivity contribution in [3.8, 4) is 0 Å². The lowest BCUT2D eigenvalue weighted by Crippen LogP contribution is -2.06. The maximum absolute atomic E-state index is 11.0. The van der Waals surface area contributed by atoms with Gasteiger partial charge in [-0.3, -0.25) is 4.99 Å². The molecule has 0 aromatic rings. The summed E-state index contributed by atoms with van der Waals surface area (Å²) < 4.78 is 4.59. The second-order valence-electron chi connectivity index (χ2n) is 2.87. The number of methoxy groups -OCH3 is 1. The predicted octanol–water partition coefficient (Wildman–Crippen LogP) is 1.64. The summed E-state index contributed by atoms with van der Waals surface area (Å²) in [4.78, 5) is 15.4. The molecule has 1 heterocycles. The number of hydrogen-bond donors (Lipinski definition) is 0. The van der Waals surface area contributed by atoms with Crippen molar-refractivity contribution >= 4 is 22.8 Å². The van der Waals surface area contributed by atoms with Crippen LogP contribution < -0.4 is 0 Å². The van der Waals surface area contributed by atoms with Crippen molar-refractivity contribution in [1.29, 1.82) is 0 Å². The molecule has 0 amide bonds. The molecule has 0 saturated carbocycles. The van der Waals surface area contributed by atoms with Crippen LogP contribution in [0.1, 0.15) is 13.8 Å². The van der Waals surface area contributed by atoms with Gasteiger partial charge in [0.15, 0.2) is 0 Å². The normalized spacial score (nSPS) is 22.8. The lowest BCUT2D eigenvalue weighted by atomic mass is 10.2. The van der Waals surface area contributed by atoms with Gasteiger partial charge in [-0.1, -0.05) is 0 Å². The number of esters is 1. The van der Waals surface area contributed by atoms with Crippen molar-refractivity contribution in [1.82, 2.24) is 0 Å². The molecule has 72 valence electrons. The summed E-state index contributed by atoms with van der Waals surface area (Å²) in [5.41, 5.74) is 0.631. The smallest absolute Gasteiger partial charge is 0.333 e. The fourth-order valence-electron chi connectivity index (χ4n) is 1.12. The summed E-state index contributed by atoms with van der Waals surface area (Å²) in [6.07, 6.45) is 1.86. The van der Waals surface area contributed by atoms with E-state index >= 15 is 0 Å². The second-order valence-corrected chi connectivity index (χ2v) is 4.08. The van der Waals surface area contributed by atoms with Crippen LogP contribution in [-0.4, -0.2) is 29.9 Å². The molecule has 4 heteroatoms. The number of nitrogens with zero attached hydrogens (tertiary/aromatic N) is 1. The first-order chi connectivity index (χ1) is 6.13. The van der Waals surface area contributed by atoms with Crippen LogP contribution in [0, 0.1) is 0 Å². The maximum Gasteiger partial charge on any atom is 0.333 e. The van der Waals surface area contributed by atoms with E-state index in [1.165, 1.54) is 7.11 Å². The number of rotatable bonds is 2. The van der Waals surface area contributed by atoms with Crippen LogP contribution in [0.5, 0.6) is 0 Å². The molecule has 1 rings (SSSR count). The number of aliphatic imine (C=N–C) groups is 1. The van der Waals surface area contributed by atoms with E-state index in [4.69, 9.17) is 0 Å². The summed E-state index contributed by atoms with van der Waals surface area (Å²) in [5, 5.41) is 1.08. The summed E-state index contributed by atoms with van der Waals surface area (Å²) >= 11 is 1.72. The largest absolute Gasteiger partial charge is 0.466 e. The van der Waals surface area contributed by atoms with E-state index < -0.39 is 0 Å². The number of carbonyl (C=O) groups excluding carboxylic acids is 1. The fraction of sp³-hybridized carbons (Fsp3) is 0.556. The second kappa shape index (κ2) is 4.46. The van der Waals surface area contributed by atoms with Crippen LogP contribution in [0.15, 0.2) is 16.6 Å². The van der Waals surface area contributed by atoms with Crippen molar-refractivity contribution in [2.75, 3.05) is 12.9 Å². The molecule has 1 aliphatic heterocycles. The Morgan fingerprint density at radius 3 is 2.92 bits per heavy atom. The minimum Gasteiger partial charge on any atom is -0.466 e. The van der Waals surface area contributed by atoms with Crippen molar-refractivity contribution in [2.24, 2.45) is 4.99 Å². The molecule has 1 aliphatic rings. The van der Waals surface area contributed by atoms with E-state index in [1.807, 2.05) is 13.0 Å². The van der Waals surface area contributed by atoms with Gasteiger partial charge in [0.1, 0.15) is 0 Å². The average Bonchev–Trinajstić information content (AvgIpc) is 2.49. The lowest BCUT2D eigenvalue weighted by Gasteiger charge is -2.01. The van der Waals surface area contributed by atoms with E-state index in [0.29, 0.717) is 5.57 Å². The molecule has 0 spiro atoms. The van der Waals surface area contributed by atoms with Gasteiger partial charge < -0.3 is 4.74 Å². The highest BCUT2D eigenvalue weighted by atomic mass is 32.2. The van der Waals surface area contributed by atoms with Crippen LogP contribution in [0.3, 0.4) is 0 Å². The third kappa shape index (κ3) is 2.88. The molecule has 0 aliphatic carbocycles. The molecular weight excluding hydrogens is 186 g/mol. The first-order valence-electron chi connectivity index (χ1n) is 4.07. The summed E-state index contributed by atoms with van der Waals surface area (Å²) in [5.74, 6) is 0.657. The van der Waals surface area contributed by atoms with E-state index in [1.54, 1.807) is 18.7 Å². The topological polar surface area (TPSA) is 38.7 Å². The van der Waals surface area contributed by atoms with Crippen LogP contribution in [0.2, 0.25) is 0 Å². The van der Waals surface area contributed by atoms with Gasteiger partial charge in [-0.2, -0.15) is 0 Å². The zero-order chi connectivity index (χ0) is 9.84. The van der Waals surface area contributed by atoms with E-state index in [-0.39, 0.29) is 12.0 Å². The zero-order valence-corrected chi connectivity index (χ0v) is 8.85. The minimum absolute atomic E-state index is 0.143. The molecule has 1 atom stereocenters. The van der Waals surface area contributed by atoms with Gasteiger partial charge in [0.25, 0.3) is 0 Å². The standard InChI is InChI=1S/C9H13NO2S/c1-6(9(11)12-3)4-8-5-13-7(2)10-8/h4,8H,5H2,1-3H3/b6-4+/t8-/m0/s1. The van der Waals surface area contributed by atoms with Crippen LogP contribution in [0.25, 0.3) is 0 Å². The van der Waals surface area contributed by atoms with Gasteiger partial charge >= 0.3 is 5.97 Å². The van der Waals surface area contributed by atoms with Crippen molar-refractivity contribution < 1.29 is 9.53 Å². The van der Waals surface area contributed by atoms with Gasteiger partial charge in [0.05, 0.1) is 18.2 Å². The Kier molecular flexibility index (Phi) is 3.54. The number of carbonyl (C=O) groups is 1. The molecule has 0 radical (unpaired) electrons. The SMILES string of the molecule is COC(=O)/C(C)=C/[C@H]1CSC(C)=N1. The Labute approximate surface area is 82.3 Å². The maximum atomic E-state index is 11.0. The van der Waals surface area contributed by atoms with E-state index in [0.717, 1.165) is 10.8 Å². The van der Waals surface area contributed by atoms with Gasteiger partial charge in [-0.05, 0) is 19.9 Å². The molecule has 0 aromatic heterocycles. The minimum atomic E-state index is -0.273. The predicted molar refractivity (Wildman–Crippen MR) is 55.1 cm³/mol. The van der Waals surface area contributed by atoms with Gasteiger partial charge in [-0.25, -0.2) is 4.79 Å². The van der Waals surface area contributed by atoms with E-state index in [2.05, 4.69) is 9.73 Å². The third-order valence-electron chi connectivity index (χ3n) is 1.76. The monoisotopic (exact) mass is 199 g/mol. The van der Waals surface area contributed by atoms with Crippen molar-refractivity contribution in [3.63, 3.8) is 0 Å². The van der Waals surface area contributed by atoms with Gasteiger partial charge in [0, 0.05) is 11.3 Å². The zero-order valence-electron chi connectivity index (χ0n) is 8.03. The lowest BCUT2D eigenvalue weighted by molar-refractivity contribution is -0.136. The highest BCUT2D eigenvalue weighted by molar-refractivity contribution is 8.14. The molecule has 0 N–H and O–H groups in total.